The molecule has 7 nitrogen and oxygen atoms in total. The van der Waals surface area contributed by atoms with E-state index in [1.807, 2.05) is 0 Å². The third kappa shape index (κ3) is 3.48. The first-order valence-corrected chi connectivity index (χ1v) is 7.38. The lowest BCUT2D eigenvalue weighted by molar-refractivity contribution is -0.117. The van der Waals surface area contributed by atoms with Gasteiger partial charge in [-0.05, 0) is 24.3 Å². The summed E-state index contributed by atoms with van der Waals surface area (Å²) < 4.78 is 11.1. The van der Waals surface area contributed by atoms with E-state index in [2.05, 4.69) is 16.0 Å². The molecule has 2 N–H and O–H groups in total. The number of nitrogens with zero attached hydrogens (tertiary/aromatic N) is 3. The standard InChI is InChI=1S/C18H14N4O3/c1-24-17-8-15-14(6-11(17)9-19)16(4-5-21-15)25-13-3-2-12(22-10-13)7-18(20)23/h2-6,8,10H,7H2,1H3,(H2,20,23). The number of hydrogen-bond donors (Lipinski definition) is 1. The predicted molar refractivity (Wildman–Crippen MR) is 90.2 cm³/mol. The zero-order valence-corrected chi connectivity index (χ0v) is 13.4. The van der Waals surface area contributed by atoms with Gasteiger partial charge in [0.2, 0.25) is 5.91 Å². The molecule has 0 aliphatic rings. The van der Waals surface area contributed by atoms with Gasteiger partial charge in [-0.25, -0.2) is 0 Å². The second-order valence-electron chi connectivity index (χ2n) is 5.22. The first kappa shape index (κ1) is 16.2. The van der Waals surface area contributed by atoms with Crippen molar-refractivity contribution in [1.29, 1.82) is 5.26 Å². The Hall–Kier alpha value is -3.66. The lowest BCUT2D eigenvalue weighted by atomic mass is 10.1. The summed E-state index contributed by atoms with van der Waals surface area (Å²) in [6.07, 6.45) is 3.20. The minimum atomic E-state index is -0.445. The highest BCUT2D eigenvalue weighted by molar-refractivity contribution is 5.88. The van der Waals surface area contributed by atoms with Crippen LogP contribution in [0.25, 0.3) is 10.9 Å². The summed E-state index contributed by atoms with van der Waals surface area (Å²) in [7, 11) is 1.50. The molecule has 0 aliphatic carbocycles. The van der Waals surface area contributed by atoms with Crippen LogP contribution in [0.2, 0.25) is 0 Å². The van der Waals surface area contributed by atoms with Crippen LogP contribution in [-0.2, 0) is 11.2 Å². The summed E-state index contributed by atoms with van der Waals surface area (Å²) in [4.78, 5) is 19.3. The highest BCUT2D eigenvalue weighted by Gasteiger charge is 2.11. The second-order valence-corrected chi connectivity index (χ2v) is 5.22. The van der Waals surface area contributed by atoms with Gasteiger partial charge < -0.3 is 15.2 Å². The van der Waals surface area contributed by atoms with E-state index in [-0.39, 0.29) is 6.42 Å². The number of nitriles is 1. The van der Waals surface area contributed by atoms with Crippen molar-refractivity contribution in [2.24, 2.45) is 5.73 Å². The molecule has 124 valence electrons. The zero-order chi connectivity index (χ0) is 17.8. The molecule has 0 atom stereocenters. The number of carbonyl (C=O) groups excluding carboxylic acids is 1. The molecule has 0 saturated carbocycles. The van der Waals surface area contributed by atoms with Crippen molar-refractivity contribution < 1.29 is 14.3 Å². The van der Waals surface area contributed by atoms with Crippen LogP contribution in [-0.4, -0.2) is 23.0 Å². The summed E-state index contributed by atoms with van der Waals surface area (Å²) >= 11 is 0. The summed E-state index contributed by atoms with van der Waals surface area (Å²) in [5, 5.41) is 9.93. The Balaban J connectivity index is 1.96. The molecule has 0 fully saturated rings. The van der Waals surface area contributed by atoms with E-state index >= 15 is 0 Å². The molecule has 2 aromatic heterocycles. The first-order chi connectivity index (χ1) is 12.1. The Morgan fingerprint density at radius 2 is 2.08 bits per heavy atom. The van der Waals surface area contributed by atoms with Gasteiger partial charge >= 0.3 is 0 Å². The largest absolute Gasteiger partial charge is 0.495 e. The lowest BCUT2D eigenvalue weighted by Crippen LogP contribution is -2.14. The smallest absolute Gasteiger partial charge is 0.223 e. The Morgan fingerprint density at radius 1 is 1.24 bits per heavy atom. The van der Waals surface area contributed by atoms with E-state index in [0.29, 0.717) is 39.4 Å². The molecule has 0 aliphatic heterocycles. The van der Waals surface area contributed by atoms with Crippen molar-refractivity contribution in [3.05, 3.63) is 54.0 Å². The van der Waals surface area contributed by atoms with Gasteiger partial charge in [0.05, 0.1) is 30.8 Å². The third-order valence-corrected chi connectivity index (χ3v) is 3.52. The van der Waals surface area contributed by atoms with Crippen LogP contribution in [0.5, 0.6) is 17.2 Å². The summed E-state index contributed by atoms with van der Waals surface area (Å²) in [5.41, 5.74) is 6.75. The van der Waals surface area contributed by atoms with Crippen LogP contribution in [0.3, 0.4) is 0 Å². The number of benzene rings is 1. The van der Waals surface area contributed by atoms with Crippen molar-refractivity contribution in [2.45, 2.75) is 6.42 Å². The summed E-state index contributed by atoms with van der Waals surface area (Å²) in [5.74, 6) is 1.04. The van der Waals surface area contributed by atoms with Gasteiger partial charge in [-0.15, -0.1) is 0 Å². The molecule has 0 saturated heterocycles. The Morgan fingerprint density at radius 3 is 2.72 bits per heavy atom. The number of rotatable bonds is 5. The first-order valence-electron chi connectivity index (χ1n) is 7.38. The van der Waals surface area contributed by atoms with Crippen LogP contribution in [0.15, 0.2) is 42.7 Å². The maximum atomic E-state index is 10.9. The van der Waals surface area contributed by atoms with Gasteiger partial charge in [-0.3, -0.25) is 14.8 Å². The fraction of sp³-hybridized carbons (Fsp3) is 0.111. The molecular weight excluding hydrogens is 320 g/mol. The molecular formula is C18H14N4O3. The lowest BCUT2D eigenvalue weighted by Gasteiger charge is -2.10. The summed E-state index contributed by atoms with van der Waals surface area (Å²) in [6.45, 7) is 0. The minimum absolute atomic E-state index is 0.0732. The minimum Gasteiger partial charge on any atom is -0.495 e. The molecule has 25 heavy (non-hydrogen) atoms. The number of fused-ring (bicyclic) bond motifs is 1. The normalized spacial score (nSPS) is 10.2. The van der Waals surface area contributed by atoms with E-state index in [1.165, 1.54) is 13.3 Å². The molecule has 1 amide bonds. The van der Waals surface area contributed by atoms with Crippen LogP contribution >= 0.6 is 0 Å². The summed E-state index contributed by atoms with van der Waals surface area (Å²) in [6, 6.07) is 10.5. The average Bonchev–Trinajstić information content (AvgIpc) is 2.62. The fourth-order valence-electron chi connectivity index (χ4n) is 2.37. The Labute approximate surface area is 143 Å². The maximum absolute atomic E-state index is 10.9. The fourth-order valence-corrected chi connectivity index (χ4v) is 2.37. The number of aromatic nitrogens is 2. The average molecular weight is 334 g/mol. The Kier molecular flexibility index (Phi) is 4.44. The second kappa shape index (κ2) is 6.84. The van der Waals surface area contributed by atoms with Crippen LogP contribution in [0, 0.1) is 11.3 Å². The molecule has 2 heterocycles. The van der Waals surface area contributed by atoms with E-state index < -0.39 is 5.91 Å². The number of primary amides is 1. The Bertz CT molecular complexity index is 978. The van der Waals surface area contributed by atoms with Crippen LogP contribution < -0.4 is 15.2 Å². The molecule has 0 spiro atoms. The van der Waals surface area contributed by atoms with Gasteiger partial charge in [0.15, 0.2) is 0 Å². The molecule has 1 aromatic carbocycles. The number of methoxy groups -OCH3 is 1. The molecule has 0 unspecified atom stereocenters. The quantitative estimate of drug-likeness (QED) is 0.766. The van der Waals surface area contributed by atoms with Crippen molar-refractivity contribution in [2.75, 3.05) is 7.11 Å². The van der Waals surface area contributed by atoms with Gasteiger partial charge in [-0.2, -0.15) is 5.26 Å². The number of ether oxygens (including phenoxy) is 2. The van der Waals surface area contributed by atoms with E-state index in [0.717, 1.165) is 0 Å². The molecule has 0 bridgehead atoms. The van der Waals surface area contributed by atoms with Gasteiger partial charge in [-0.1, -0.05) is 0 Å². The molecule has 7 heteroatoms. The van der Waals surface area contributed by atoms with Gasteiger partial charge in [0, 0.05) is 23.3 Å². The number of amides is 1. The van der Waals surface area contributed by atoms with E-state index in [4.69, 9.17) is 15.2 Å². The number of nitrogens with two attached hydrogens (primary N) is 1. The molecule has 0 radical (unpaired) electrons. The highest BCUT2D eigenvalue weighted by Crippen LogP contribution is 2.32. The van der Waals surface area contributed by atoms with Crippen LogP contribution in [0.1, 0.15) is 11.3 Å². The monoisotopic (exact) mass is 334 g/mol. The van der Waals surface area contributed by atoms with E-state index in [1.54, 1.807) is 36.5 Å². The van der Waals surface area contributed by atoms with Gasteiger partial charge in [0.25, 0.3) is 0 Å². The third-order valence-electron chi connectivity index (χ3n) is 3.52. The van der Waals surface area contributed by atoms with Crippen LogP contribution in [0.4, 0.5) is 0 Å². The predicted octanol–water partition coefficient (Wildman–Crippen LogP) is 2.33. The van der Waals surface area contributed by atoms with E-state index in [9.17, 15) is 10.1 Å². The zero-order valence-electron chi connectivity index (χ0n) is 13.4. The maximum Gasteiger partial charge on any atom is 0.223 e. The van der Waals surface area contributed by atoms with Crippen molar-refractivity contribution in [1.82, 2.24) is 9.97 Å². The topological polar surface area (TPSA) is 111 Å². The number of hydrogen-bond acceptors (Lipinski definition) is 6. The molecule has 3 aromatic rings. The number of carbonyl (C=O) groups is 1. The van der Waals surface area contributed by atoms with Crippen molar-refractivity contribution >= 4 is 16.8 Å². The van der Waals surface area contributed by atoms with Gasteiger partial charge in [0.1, 0.15) is 23.3 Å². The highest BCUT2D eigenvalue weighted by atomic mass is 16.5. The van der Waals surface area contributed by atoms with Crippen molar-refractivity contribution in [3.8, 4) is 23.3 Å². The number of pyridine rings is 2. The van der Waals surface area contributed by atoms with Crippen molar-refractivity contribution in [3.63, 3.8) is 0 Å². The molecule has 3 rings (SSSR count). The SMILES string of the molecule is COc1cc2nccc(Oc3ccc(CC(N)=O)nc3)c2cc1C#N.